The highest BCUT2D eigenvalue weighted by atomic mass is 16.1. The zero-order valence-electron chi connectivity index (χ0n) is 5.90. The number of rotatable bonds is 0. The highest BCUT2D eigenvalue weighted by Crippen LogP contribution is 1.95. The standard InChI is InChI=1S/C6H6N4O/c1-10-8-5-4(11)2-3-7-6(5)9-10/h2-3H,1H3,(H,7,9). The lowest BCUT2D eigenvalue weighted by molar-refractivity contribution is 0.663. The van der Waals surface area contributed by atoms with E-state index >= 15 is 0 Å². The molecule has 0 aliphatic rings. The molecular formula is C6H6N4O. The van der Waals surface area contributed by atoms with Crippen molar-refractivity contribution >= 4 is 11.2 Å². The lowest BCUT2D eigenvalue weighted by Gasteiger charge is -1.80. The highest BCUT2D eigenvalue weighted by Gasteiger charge is 2.01. The first-order valence-corrected chi connectivity index (χ1v) is 3.16. The van der Waals surface area contributed by atoms with Crippen molar-refractivity contribution in [3.63, 3.8) is 0 Å². The third kappa shape index (κ3) is 0.813. The Bertz CT molecular complexity index is 441. The number of fused-ring (bicyclic) bond motifs is 1. The van der Waals surface area contributed by atoms with E-state index in [1.807, 2.05) is 0 Å². The third-order valence-electron chi connectivity index (χ3n) is 1.40. The maximum absolute atomic E-state index is 11.1. The number of pyridine rings is 1. The molecule has 0 saturated heterocycles. The van der Waals surface area contributed by atoms with E-state index in [0.717, 1.165) is 0 Å². The quantitative estimate of drug-likeness (QED) is 0.558. The van der Waals surface area contributed by atoms with Crippen molar-refractivity contribution in [1.29, 1.82) is 0 Å². The Morgan fingerprint density at radius 3 is 3.09 bits per heavy atom. The van der Waals surface area contributed by atoms with E-state index < -0.39 is 0 Å². The van der Waals surface area contributed by atoms with Gasteiger partial charge < -0.3 is 4.98 Å². The van der Waals surface area contributed by atoms with Crippen LogP contribution in [0.1, 0.15) is 0 Å². The number of aromatic amines is 1. The smallest absolute Gasteiger partial charge is 0.211 e. The minimum atomic E-state index is -0.105. The molecule has 0 fully saturated rings. The summed E-state index contributed by atoms with van der Waals surface area (Å²) in [6, 6.07) is 1.43. The van der Waals surface area contributed by atoms with E-state index in [0.29, 0.717) is 11.2 Å². The van der Waals surface area contributed by atoms with Crippen LogP contribution in [0, 0.1) is 0 Å². The zero-order chi connectivity index (χ0) is 7.84. The van der Waals surface area contributed by atoms with Crippen LogP contribution in [-0.2, 0) is 7.05 Å². The summed E-state index contributed by atoms with van der Waals surface area (Å²) in [5.74, 6) is 0. The van der Waals surface area contributed by atoms with Crippen LogP contribution in [0.5, 0.6) is 0 Å². The van der Waals surface area contributed by atoms with Gasteiger partial charge in [0.1, 0.15) is 0 Å². The average Bonchev–Trinajstić information content (AvgIpc) is 2.31. The summed E-state index contributed by atoms with van der Waals surface area (Å²) in [6.07, 6.45) is 1.55. The van der Waals surface area contributed by atoms with Crippen LogP contribution >= 0.6 is 0 Å². The fourth-order valence-corrected chi connectivity index (χ4v) is 0.945. The van der Waals surface area contributed by atoms with Crippen LogP contribution in [0.2, 0.25) is 0 Å². The van der Waals surface area contributed by atoms with E-state index in [-0.39, 0.29) is 5.43 Å². The van der Waals surface area contributed by atoms with Crippen molar-refractivity contribution in [2.75, 3.05) is 0 Å². The molecule has 2 aromatic heterocycles. The van der Waals surface area contributed by atoms with Crippen LogP contribution in [0.4, 0.5) is 0 Å². The predicted molar refractivity (Wildman–Crippen MR) is 39.1 cm³/mol. The Hall–Kier alpha value is -1.65. The second-order valence-corrected chi connectivity index (χ2v) is 2.23. The van der Waals surface area contributed by atoms with Crippen LogP contribution < -0.4 is 5.43 Å². The molecule has 0 unspecified atom stereocenters. The molecule has 0 amide bonds. The minimum absolute atomic E-state index is 0.105. The van der Waals surface area contributed by atoms with Gasteiger partial charge in [-0.15, -0.1) is 10.2 Å². The summed E-state index contributed by atoms with van der Waals surface area (Å²) in [6.45, 7) is 0. The molecule has 5 nitrogen and oxygen atoms in total. The molecule has 2 heterocycles. The van der Waals surface area contributed by atoms with E-state index in [2.05, 4.69) is 15.2 Å². The Labute approximate surface area is 61.7 Å². The molecule has 0 bridgehead atoms. The van der Waals surface area contributed by atoms with Gasteiger partial charge in [0.05, 0.1) is 0 Å². The Morgan fingerprint density at radius 1 is 1.55 bits per heavy atom. The number of hydrogen-bond donors (Lipinski definition) is 1. The van der Waals surface area contributed by atoms with Crippen molar-refractivity contribution in [1.82, 2.24) is 20.0 Å². The molecule has 0 radical (unpaired) electrons. The number of nitrogens with one attached hydrogen (secondary N) is 1. The van der Waals surface area contributed by atoms with Gasteiger partial charge in [0.15, 0.2) is 11.2 Å². The molecule has 2 rings (SSSR count). The Balaban J connectivity index is 3.02. The summed E-state index contributed by atoms with van der Waals surface area (Å²) in [4.78, 5) is 15.2. The number of aromatic nitrogens is 4. The first kappa shape index (κ1) is 6.09. The van der Waals surface area contributed by atoms with E-state index in [4.69, 9.17) is 0 Å². The van der Waals surface area contributed by atoms with Crippen LogP contribution in [0.3, 0.4) is 0 Å². The second kappa shape index (κ2) is 1.91. The van der Waals surface area contributed by atoms with Gasteiger partial charge in [-0.3, -0.25) is 4.79 Å². The zero-order valence-corrected chi connectivity index (χ0v) is 5.90. The number of aryl methyl sites for hydroxylation is 1. The molecule has 56 valence electrons. The van der Waals surface area contributed by atoms with E-state index in [1.165, 1.54) is 10.9 Å². The van der Waals surface area contributed by atoms with Crippen LogP contribution in [-0.4, -0.2) is 20.0 Å². The van der Waals surface area contributed by atoms with Gasteiger partial charge in [-0.2, -0.15) is 4.80 Å². The summed E-state index contributed by atoms with van der Waals surface area (Å²) in [5.41, 5.74) is 0.807. The number of nitrogens with zero attached hydrogens (tertiary/aromatic N) is 3. The van der Waals surface area contributed by atoms with E-state index in [1.54, 1.807) is 13.2 Å². The first-order chi connectivity index (χ1) is 5.27. The van der Waals surface area contributed by atoms with Gasteiger partial charge in [-0.1, -0.05) is 0 Å². The molecule has 2 aromatic rings. The molecule has 1 N–H and O–H groups in total. The third-order valence-corrected chi connectivity index (χ3v) is 1.40. The molecule has 0 aromatic carbocycles. The van der Waals surface area contributed by atoms with E-state index in [9.17, 15) is 4.79 Å². The molecule has 0 saturated carbocycles. The van der Waals surface area contributed by atoms with Crippen molar-refractivity contribution in [2.24, 2.45) is 7.05 Å². The SMILES string of the molecule is Cn1nc2[nH]ccc(=O)c2n1. The van der Waals surface area contributed by atoms with Crippen LogP contribution in [0.25, 0.3) is 11.2 Å². The fourth-order valence-electron chi connectivity index (χ4n) is 0.945. The maximum Gasteiger partial charge on any atom is 0.211 e. The predicted octanol–water partition coefficient (Wildman–Crippen LogP) is -0.343. The van der Waals surface area contributed by atoms with Gasteiger partial charge in [-0.05, 0) is 0 Å². The van der Waals surface area contributed by atoms with Crippen molar-refractivity contribution in [2.45, 2.75) is 0 Å². The van der Waals surface area contributed by atoms with Crippen molar-refractivity contribution in [3.05, 3.63) is 22.5 Å². The summed E-state index contributed by atoms with van der Waals surface area (Å²) in [7, 11) is 1.67. The lowest BCUT2D eigenvalue weighted by Crippen LogP contribution is -1.99. The van der Waals surface area contributed by atoms with Crippen molar-refractivity contribution < 1.29 is 0 Å². The van der Waals surface area contributed by atoms with Gasteiger partial charge in [0.2, 0.25) is 5.43 Å². The first-order valence-electron chi connectivity index (χ1n) is 3.16. The van der Waals surface area contributed by atoms with Gasteiger partial charge >= 0.3 is 0 Å². The van der Waals surface area contributed by atoms with Crippen LogP contribution in [0.15, 0.2) is 17.1 Å². The normalized spacial score (nSPS) is 10.6. The highest BCUT2D eigenvalue weighted by molar-refractivity contribution is 5.67. The largest absolute Gasteiger partial charge is 0.343 e. The summed E-state index contributed by atoms with van der Waals surface area (Å²) < 4.78 is 0. The summed E-state index contributed by atoms with van der Waals surface area (Å²) in [5, 5.41) is 7.80. The topological polar surface area (TPSA) is 63.6 Å². The fraction of sp³-hybridized carbons (Fsp3) is 0.167. The molecule has 0 spiro atoms. The molecule has 0 atom stereocenters. The molecule has 11 heavy (non-hydrogen) atoms. The molecule has 0 aliphatic carbocycles. The lowest BCUT2D eigenvalue weighted by atomic mass is 10.4. The Kier molecular flexibility index (Phi) is 1.06. The molecule has 0 aliphatic heterocycles. The molecule has 5 heteroatoms. The molecular weight excluding hydrogens is 144 g/mol. The second-order valence-electron chi connectivity index (χ2n) is 2.23. The van der Waals surface area contributed by atoms with Crippen molar-refractivity contribution in [3.8, 4) is 0 Å². The summed E-state index contributed by atoms with van der Waals surface area (Å²) >= 11 is 0. The van der Waals surface area contributed by atoms with Gasteiger partial charge in [0, 0.05) is 19.3 Å². The number of hydrogen-bond acceptors (Lipinski definition) is 3. The maximum atomic E-state index is 11.1. The Morgan fingerprint density at radius 2 is 2.36 bits per heavy atom. The van der Waals surface area contributed by atoms with Gasteiger partial charge in [-0.25, -0.2) is 0 Å². The van der Waals surface area contributed by atoms with Gasteiger partial charge in [0.25, 0.3) is 0 Å². The average molecular weight is 150 g/mol. The minimum Gasteiger partial charge on any atom is -0.343 e. The monoisotopic (exact) mass is 150 g/mol. The number of H-pyrrole nitrogens is 1.